The summed E-state index contributed by atoms with van der Waals surface area (Å²) < 4.78 is 35.1. The lowest BCUT2D eigenvalue weighted by Gasteiger charge is -2.27. The lowest BCUT2D eigenvalue weighted by atomic mass is 10.1. The first kappa shape index (κ1) is 18.3. The first-order chi connectivity index (χ1) is 12.5. The highest BCUT2D eigenvalue weighted by atomic mass is 19.1. The normalized spacial score (nSPS) is 14.2. The van der Waals surface area contributed by atoms with Crippen LogP contribution in [0.25, 0.3) is 0 Å². The van der Waals surface area contributed by atoms with Crippen molar-refractivity contribution in [3.05, 3.63) is 46.8 Å². The molecule has 1 aliphatic heterocycles. The minimum absolute atomic E-state index is 0.0249. The number of hydrogen-bond donors (Lipinski definition) is 1. The molecule has 0 fully saturated rings. The van der Waals surface area contributed by atoms with E-state index in [1.165, 1.54) is 19.2 Å². The predicted octanol–water partition coefficient (Wildman–Crippen LogP) is 2.21. The third-order valence-electron chi connectivity index (χ3n) is 4.45. The number of nitrogens with one attached hydrogen (secondary N) is 1. The Labute approximate surface area is 150 Å². The minimum Gasteiger partial charge on any atom is -0.497 e. The molecule has 1 aromatic carbocycles. The Bertz CT molecular complexity index is 783. The number of carbonyl (C=O) groups excluding carboxylic acids is 1. The number of rotatable bonds is 6. The van der Waals surface area contributed by atoms with Crippen LogP contribution < -0.4 is 10.1 Å². The fourth-order valence-electron chi connectivity index (χ4n) is 2.99. The molecule has 0 spiro atoms. The summed E-state index contributed by atoms with van der Waals surface area (Å²) in [6.45, 7) is 4.17. The van der Waals surface area contributed by atoms with Crippen molar-refractivity contribution >= 4 is 5.91 Å². The summed E-state index contributed by atoms with van der Waals surface area (Å²) in [6, 6.07) is 4.31. The highest BCUT2D eigenvalue weighted by Gasteiger charge is 2.21. The van der Waals surface area contributed by atoms with Crippen molar-refractivity contribution in [3.8, 4) is 5.75 Å². The van der Waals surface area contributed by atoms with E-state index in [2.05, 4.69) is 10.4 Å². The van der Waals surface area contributed by atoms with Gasteiger partial charge in [0.05, 0.1) is 31.6 Å². The van der Waals surface area contributed by atoms with Gasteiger partial charge in [-0.15, -0.1) is 0 Å². The number of fused-ring (bicyclic) bond motifs is 1. The maximum atomic E-state index is 14.2. The molecular formula is C18H22F2N4O2. The van der Waals surface area contributed by atoms with Gasteiger partial charge in [0.25, 0.3) is 0 Å². The van der Waals surface area contributed by atoms with Gasteiger partial charge in [0.2, 0.25) is 5.91 Å². The summed E-state index contributed by atoms with van der Waals surface area (Å²) in [7, 11) is 1.38. The molecular weight excluding hydrogens is 342 g/mol. The fraction of sp³-hybridized carbons (Fsp3) is 0.444. The van der Waals surface area contributed by atoms with Gasteiger partial charge in [0.1, 0.15) is 17.4 Å². The quantitative estimate of drug-likeness (QED) is 0.854. The van der Waals surface area contributed by atoms with Crippen molar-refractivity contribution in [3.63, 3.8) is 0 Å². The van der Waals surface area contributed by atoms with E-state index in [4.69, 9.17) is 4.74 Å². The summed E-state index contributed by atoms with van der Waals surface area (Å²) in [5, 5.41) is 7.26. The van der Waals surface area contributed by atoms with Crippen molar-refractivity contribution < 1.29 is 18.3 Å². The van der Waals surface area contributed by atoms with Crippen LogP contribution in [0.1, 0.15) is 30.3 Å². The molecule has 0 bridgehead atoms. The van der Waals surface area contributed by atoms with Gasteiger partial charge in [-0.05, 0) is 6.07 Å². The standard InChI is InChI=1S/C18H22F2N4O2/c1-3-18(25)21-9-12-6-13-10-23(4-5-24(13)22-12)11-15-16(19)7-14(26-2)8-17(15)20/h6-8H,3-5,9-11H2,1-2H3,(H,21,25). The molecule has 3 rings (SSSR count). The molecule has 1 aromatic heterocycles. The number of halogens is 2. The molecule has 6 nitrogen and oxygen atoms in total. The van der Waals surface area contributed by atoms with E-state index in [9.17, 15) is 13.6 Å². The zero-order valence-electron chi connectivity index (χ0n) is 14.9. The monoisotopic (exact) mass is 364 g/mol. The molecule has 8 heteroatoms. The average Bonchev–Trinajstić information content (AvgIpc) is 3.04. The van der Waals surface area contributed by atoms with Gasteiger partial charge in [0.15, 0.2) is 0 Å². The molecule has 0 radical (unpaired) electrons. The molecule has 0 atom stereocenters. The van der Waals surface area contributed by atoms with Crippen molar-refractivity contribution in [2.75, 3.05) is 13.7 Å². The number of hydrogen-bond acceptors (Lipinski definition) is 4. The van der Waals surface area contributed by atoms with Crippen LogP contribution in [0, 0.1) is 11.6 Å². The molecule has 2 heterocycles. The predicted molar refractivity (Wildman–Crippen MR) is 91.4 cm³/mol. The minimum atomic E-state index is -0.608. The third kappa shape index (κ3) is 4.01. The third-order valence-corrected chi connectivity index (χ3v) is 4.45. The van der Waals surface area contributed by atoms with E-state index in [-0.39, 0.29) is 23.8 Å². The lowest BCUT2D eigenvalue weighted by Crippen LogP contribution is -2.33. The Morgan fingerprint density at radius 1 is 1.27 bits per heavy atom. The Morgan fingerprint density at radius 2 is 2.00 bits per heavy atom. The van der Waals surface area contributed by atoms with Crippen LogP contribution in [-0.2, 0) is 31.0 Å². The van der Waals surface area contributed by atoms with Crippen LogP contribution in [-0.4, -0.2) is 34.2 Å². The van der Waals surface area contributed by atoms with Crippen LogP contribution >= 0.6 is 0 Å². The van der Waals surface area contributed by atoms with Crippen LogP contribution in [0.3, 0.4) is 0 Å². The Hall–Kier alpha value is -2.48. The molecule has 140 valence electrons. The van der Waals surface area contributed by atoms with Gasteiger partial charge in [-0.1, -0.05) is 6.92 Å². The van der Waals surface area contributed by atoms with E-state index in [1.807, 2.05) is 15.6 Å². The van der Waals surface area contributed by atoms with E-state index < -0.39 is 11.6 Å². The van der Waals surface area contributed by atoms with Crippen LogP contribution in [0.15, 0.2) is 18.2 Å². The van der Waals surface area contributed by atoms with Crippen molar-refractivity contribution in [1.82, 2.24) is 20.0 Å². The van der Waals surface area contributed by atoms with Crippen LogP contribution in [0.4, 0.5) is 8.78 Å². The van der Waals surface area contributed by atoms with E-state index in [0.717, 1.165) is 11.4 Å². The largest absolute Gasteiger partial charge is 0.497 e. The number of amides is 1. The first-order valence-corrected chi connectivity index (χ1v) is 8.56. The molecule has 1 N–H and O–H groups in total. The van der Waals surface area contributed by atoms with Crippen LogP contribution in [0.2, 0.25) is 0 Å². The fourth-order valence-corrected chi connectivity index (χ4v) is 2.99. The van der Waals surface area contributed by atoms with Crippen molar-refractivity contribution in [2.45, 2.75) is 39.5 Å². The second kappa shape index (κ2) is 7.82. The Kier molecular flexibility index (Phi) is 5.51. The highest BCUT2D eigenvalue weighted by molar-refractivity contribution is 5.75. The summed E-state index contributed by atoms with van der Waals surface area (Å²) in [6.07, 6.45) is 0.431. The van der Waals surface area contributed by atoms with Crippen LogP contribution in [0.5, 0.6) is 5.75 Å². The summed E-state index contributed by atoms with van der Waals surface area (Å²) >= 11 is 0. The van der Waals surface area contributed by atoms with Gasteiger partial charge in [-0.3, -0.25) is 14.4 Å². The van der Waals surface area contributed by atoms with Crippen molar-refractivity contribution in [1.29, 1.82) is 0 Å². The second-order valence-electron chi connectivity index (χ2n) is 6.26. The summed E-state index contributed by atoms with van der Waals surface area (Å²) in [5.41, 5.74) is 1.78. The van der Waals surface area contributed by atoms with Gasteiger partial charge < -0.3 is 10.1 Å². The number of aromatic nitrogens is 2. The van der Waals surface area contributed by atoms with Gasteiger partial charge >= 0.3 is 0 Å². The molecule has 1 amide bonds. The maximum absolute atomic E-state index is 14.2. The van der Waals surface area contributed by atoms with Crippen molar-refractivity contribution in [2.24, 2.45) is 0 Å². The molecule has 26 heavy (non-hydrogen) atoms. The molecule has 2 aromatic rings. The maximum Gasteiger partial charge on any atom is 0.220 e. The Morgan fingerprint density at radius 3 is 2.65 bits per heavy atom. The van der Waals surface area contributed by atoms with E-state index in [1.54, 1.807) is 6.92 Å². The second-order valence-corrected chi connectivity index (χ2v) is 6.26. The average molecular weight is 364 g/mol. The number of carbonyl (C=O) groups is 1. The summed E-state index contributed by atoms with van der Waals surface area (Å²) in [4.78, 5) is 13.3. The topological polar surface area (TPSA) is 59.4 Å². The molecule has 0 saturated heterocycles. The van der Waals surface area contributed by atoms with Gasteiger partial charge in [-0.25, -0.2) is 8.78 Å². The zero-order valence-corrected chi connectivity index (χ0v) is 14.9. The zero-order chi connectivity index (χ0) is 18.7. The Balaban J connectivity index is 1.67. The molecule has 0 aliphatic carbocycles. The number of methoxy groups -OCH3 is 1. The highest BCUT2D eigenvalue weighted by Crippen LogP contribution is 2.23. The number of nitrogens with zero attached hydrogens (tertiary/aromatic N) is 3. The number of ether oxygens (including phenoxy) is 1. The lowest BCUT2D eigenvalue weighted by molar-refractivity contribution is -0.120. The van der Waals surface area contributed by atoms with E-state index in [0.29, 0.717) is 32.6 Å². The smallest absolute Gasteiger partial charge is 0.220 e. The molecule has 0 saturated carbocycles. The molecule has 1 aliphatic rings. The SMILES string of the molecule is CCC(=O)NCc1cc2n(n1)CCN(Cc1c(F)cc(OC)cc1F)C2. The first-order valence-electron chi connectivity index (χ1n) is 8.56. The molecule has 0 unspecified atom stereocenters. The van der Waals surface area contributed by atoms with Gasteiger partial charge in [0, 0.05) is 43.8 Å². The van der Waals surface area contributed by atoms with E-state index >= 15 is 0 Å². The summed E-state index contributed by atoms with van der Waals surface area (Å²) in [5.74, 6) is -1.07. The number of benzene rings is 1. The van der Waals surface area contributed by atoms with Gasteiger partial charge in [-0.2, -0.15) is 5.10 Å².